The lowest BCUT2D eigenvalue weighted by Crippen LogP contribution is -2.28. The molecule has 168 valence electrons. The van der Waals surface area contributed by atoms with Crippen LogP contribution in [0.25, 0.3) is 0 Å². The number of sulfonamides is 1. The van der Waals surface area contributed by atoms with Crippen LogP contribution in [0.5, 0.6) is 5.75 Å². The summed E-state index contributed by atoms with van der Waals surface area (Å²) in [6, 6.07) is 22.9. The van der Waals surface area contributed by atoms with E-state index in [0.717, 1.165) is 12.2 Å². The molecule has 3 aromatic carbocycles. The van der Waals surface area contributed by atoms with Gasteiger partial charge in [-0.1, -0.05) is 24.3 Å². The number of rotatable bonds is 10. The Hall–Kier alpha value is -2.97. The number of carbonyl (C=O) groups is 1. The van der Waals surface area contributed by atoms with E-state index in [-0.39, 0.29) is 10.8 Å². The number of nitrogens with zero attached hydrogens (tertiary/aromatic N) is 1. The minimum absolute atomic E-state index is 0.0584. The molecule has 8 heteroatoms. The number of carbonyl (C=O) groups excluding carboxylic acids is 1. The van der Waals surface area contributed by atoms with Gasteiger partial charge in [-0.15, -0.1) is 11.8 Å². The van der Waals surface area contributed by atoms with Crippen molar-refractivity contribution in [1.29, 1.82) is 0 Å². The summed E-state index contributed by atoms with van der Waals surface area (Å²) >= 11 is 1.73. The van der Waals surface area contributed by atoms with Crippen molar-refractivity contribution in [2.45, 2.75) is 16.2 Å². The van der Waals surface area contributed by atoms with E-state index in [0.29, 0.717) is 23.5 Å². The van der Waals surface area contributed by atoms with Crippen LogP contribution in [-0.2, 0) is 10.0 Å². The second-order valence-corrected chi connectivity index (χ2v) is 10.1. The first-order chi connectivity index (χ1) is 15.4. The topological polar surface area (TPSA) is 75.7 Å². The summed E-state index contributed by atoms with van der Waals surface area (Å²) in [6.07, 6.45) is 0.809. The molecule has 0 aliphatic rings. The van der Waals surface area contributed by atoms with E-state index >= 15 is 0 Å². The summed E-state index contributed by atoms with van der Waals surface area (Å²) in [7, 11) is -0.788. The van der Waals surface area contributed by atoms with E-state index in [9.17, 15) is 13.2 Å². The molecule has 0 bridgehead atoms. The zero-order chi connectivity index (χ0) is 23.0. The maximum Gasteiger partial charge on any atom is 0.264 e. The predicted octanol–water partition coefficient (Wildman–Crippen LogP) is 4.43. The first kappa shape index (κ1) is 23.7. The first-order valence-corrected chi connectivity index (χ1v) is 12.5. The summed E-state index contributed by atoms with van der Waals surface area (Å²) in [5, 5.41) is 2.86. The van der Waals surface area contributed by atoms with Crippen LogP contribution in [0.2, 0.25) is 0 Å². The SMILES string of the molecule is COc1ccc(N(C)S(=O)(=O)c2cccc(C(=O)NCCCSc3ccccc3)c2)cc1. The van der Waals surface area contributed by atoms with Crippen LogP contribution < -0.4 is 14.4 Å². The van der Waals surface area contributed by atoms with Crippen molar-refractivity contribution in [3.63, 3.8) is 0 Å². The van der Waals surface area contributed by atoms with Crippen LogP contribution in [-0.4, -0.2) is 40.8 Å². The zero-order valence-electron chi connectivity index (χ0n) is 18.0. The fourth-order valence-electron chi connectivity index (χ4n) is 2.97. The third-order valence-electron chi connectivity index (χ3n) is 4.81. The molecule has 0 heterocycles. The fraction of sp³-hybridized carbons (Fsp3) is 0.208. The monoisotopic (exact) mass is 470 g/mol. The van der Waals surface area contributed by atoms with Crippen molar-refractivity contribution in [2.75, 3.05) is 30.8 Å². The van der Waals surface area contributed by atoms with Gasteiger partial charge < -0.3 is 10.1 Å². The van der Waals surface area contributed by atoms with Crippen LogP contribution in [0.4, 0.5) is 5.69 Å². The van der Waals surface area contributed by atoms with Gasteiger partial charge in [-0.2, -0.15) is 0 Å². The Bertz CT molecular complexity index is 1130. The number of anilines is 1. The Balaban J connectivity index is 1.59. The average Bonchev–Trinajstić information content (AvgIpc) is 2.84. The van der Waals surface area contributed by atoms with Crippen LogP contribution in [0.3, 0.4) is 0 Å². The van der Waals surface area contributed by atoms with Crippen molar-refractivity contribution in [3.8, 4) is 5.75 Å². The summed E-state index contributed by atoms with van der Waals surface area (Å²) in [5.74, 6) is 1.23. The lowest BCUT2D eigenvalue weighted by Gasteiger charge is -2.20. The second kappa shape index (κ2) is 11.1. The van der Waals surface area contributed by atoms with Crippen molar-refractivity contribution < 1.29 is 17.9 Å². The first-order valence-electron chi connectivity index (χ1n) is 10.1. The number of nitrogens with one attached hydrogen (secondary N) is 1. The third-order valence-corrected chi connectivity index (χ3v) is 7.69. The van der Waals surface area contributed by atoms with Gasteiger partial charge in [-0.05, 0) is 66.8 Å². The maximum absolute atomic E-state index is 13.1. The predicted molar refractivity (Wildman–Crippen MR) is 129 cm³/mol. The molecular formula is C24H26N2O4S2. The zero-order valence-corrected chi connectivity index (χ0v) is 19.7. The Morgan fingerprint density at radius 3 is 2.41 bits per heavy atom. The molecule has 0 aromatic heterocycles. The van der Waals surface area contributed by atoms with Gasteiger partial charge in [0.25, 0.3) is 15.9 Å². The van der Waals surface area contributed by atoms with Gasteiger partial charge in [0, 0.05) is 24.1 Å². The van der Waals surface area contributed by atoms with E-state index in [2.05, 4.69) is 17.4 Å². The number of thioether (sulfide) groups is 1. The smallest absolute Gasteiger partial charge is 0.264 e. The van der Waals surface area contributed by atoms with Crippen LogP contribution in [0, 0.1) is 0 Å². The molecule has 3 rings (SSSR count). The number of hydrogen-bond donors (Lipinski definition) is 1. The summed E-state index contributed by atoms with van der Waals surface area (Å²) < 4.78 is 32.4. The molecule has 0 aliphatic carbocycles. The molecule has 0 atom stereocenters. The average molecular weight is 471 g/mol. The van der Waals surface area contributed by atoms with Crippen molar-refractivity contribution in [2.24, 2.45) is 0 Å². The highest BCUT2D eigenvalue weighted by Gasteiger charge is 2.22. The number of hydrogen-bond acceptors (Lipinski definition) is 5. The van der Waals surface area contributed by atoms with Gasteiger partial charge in [0.05, 0.1) is 17.7 Å². The molecule has 0 radical (unpaired) electrons. The van der Waals surface area contributed by atoms with Gasteiger partial charge in [0.2, 0.25) is 0 Å². The van der Waals surface area contributed by atoms with E-state index in [1.165, 1.54) is 28.4 Å². The van der Waals surface area contributed by atoms with Crippen LogP contribution in [0.15, 0.2) is 88.7 Å². The quantitative estimate of drug-likeness (QED) is 0.350. The van der Waals surface area contributed by atoms with E-state index in [1.807, 2.05) is 18.2 Å². The van der Waals surface area contributed by atoms with Gasteiger partial charge >= 0.3 is 0 Å². The van der Waals surface area contributed by atoms with Gasteiger partial charge in [-0.25, -0.2) is 8.42 Å². The molecule has 1 amide bonds. The minimum Gasteiger partial charge on any atom is -0.497 e. The summed E-state index contributed by atoms with van der Waals surface area (Å²) in [6.45, 7) is 0.515. The van der Waals surface area contributed by atoms with Crippen molar-refractivity contribution in [1.82, 2.24) is 5.32 Å². The van der Waals surface area contributed by atoms with Crippen molar-refractivity contribution >= 4 is 33.4 Å². The summed E-state index contributed by atoms with van der Waals surface area (Å²) in [5.41, 5.74) is 0.807. The van der Waals surface area contributed by atoms with E-state index < -0.39 is 10.0 Å². The molecule has 32 heavy (non-hydrogen) atoms. The molecule has 3 aromatic rings. The van der Waals surface area contributed by atoms with Gasteiger partial charge in [0.15, 0.2) is 0 Å². The number of ether oxygens (including phenoxy) is 1. The Labute approximate surface area is 193 Å². The van der Waals surface area contributed by atoms with Gasteiger partial charge in [0.1, 0.15) is 5.75 Å². The fourth-order valence-corrected chi connectivity index (χ4v) is 5.09. The number of methoxy groups -OCH3 is 1. The second-order valence-electron chi connectivity index (χ2n) is 6.97. The molecule has 0 aliphatic heterocycles. The Morgan fingerprint density at radius 2 is 1.72 bits per heavy atom. The van der Waals surface area contributed by atoms with Crippen molar-refractivity contribution in [3.05, 3.63) is 84.4 Å². The normalized spacial score (nSPS) is 11.1. The highest BCUT2D eigenvalue weighted by Crippen LogP contribution is 2.25. The molecule has 6 nitrogen and oxygen atoms in total. The third kappa shape index (κ3) is 6.05. The maximum atomic E-state index is 13.1. The molecule has 0 fully saturated rings. The highest BCUT2D eigenvalue weighted by molar-refractivity contribution is 7.99. The standard InChI is InChI=1S/C24H26N2O4S2/c1-26(20-12-14-21(30-2)15-13-20)32(28,29)23-11-6-8-19(18-23)24(27)25-16-7-17-31-22-9-4-3-5-10-22/h3-6,8-15,18H,7,16-17H2,1-2H3,(H,25,27). The van der Waals surface area contributed by atoms with E-state index in [1.54, 1.807) is 55.3 Å². The number of amides is 1. The Kier molecular flexibility index (Phi) is 8.19. The molecule has 0 spiro atoms. The van der Waals surface area contributed by atoms with E-state index in [4.69, 9.17) is 4.74 Å². The molecule has 0 saturated carbocycles. The highest BCUT2D eigenvalue weighted by atomic mass is 32.2. The molecule has 1 N–H and O–H groups in total. The molecule has 0 saturated heterocycles. The lowest BCUT2D eigenvalue weighted by atomic mass is 10.2. The Morgan fingerprint density at radius 1 is 1.00 bits per heavy atom. The van der Waals surface area contributed by atoms with Crippen LogP contribution in [0.1, 0.15) is 16.8 Å². The minimum atomic E-state index is -3.82. The van der Waals surface area contributed by atoms with Gasteiger partial charge in [-0.3, -0.25) is 9.10 Å². The number of benzene rings is 3. The van der Waals surface area contributed by atoms with Crippen LogP contribution >= 0.6 is 11.8 Å². The summed E-state index contributed by atoms with van der Waals surface area (Å²) in [4.78, 5) is 13.8. The lowest BCUT2D eigenvalue weighted by molar-refractivity contribution is 0.0953. The molecule has 0 unspecified atom stereocenters. The molecular weight excluding hydrogens is 444 g/mol. The largest absolute Gasteiger partial charge is 0.497 e.